The fourth-order valence-electron chi connectivity index (χ4n) is 1.78. The number of hydrogen-bond acceptors (Lipinski definition) is 2. The van der Waals surface area contributed by atoms with Gasteiger partial charge in [-0.25, -0.2) is 0 Å². The molecule has 1 unspecified atom stereocenters. The Morgan fingerprint density at radius 1 is 1.73 bits per heavy atom. The molecule has 0 bridgehead atoms. The number of aromatic nitrogens is 2. The van der Waals surface area contributed by atoms with Gasteiger partial charge >= 0.3 is 0 Å². The molecule has 1 N–H and O–H groups in total. The molecule has 1 aliphatic heterocycles. The Bertz CT molecular complexity index is 377. The van der Waals surface area contributed by atoms with E-state index in [1.165, 1.54) is 0 Å². The van der Waals surface area contributed by atoms with E-state index in [1.54, 1.807) is 6.20 Å². The molecule has 2 heterocycles. The van der Waals surface area contributed by atoms with Crippen LogP contribution >= 0.6 is 0 Å². The molecule has 78 valence electrons. The van der Waals surface area contributed by atoms with Crippen molar-refractivity contribution >= 4 is 5.91 Å². The quantitative estimate of drug-likeness (QED) is 0.724. The largest absolute Gasteiger partial charge is 0.341 e. The molecule has 0 saturated carbocycles. The SMILES string of the molecule is C#CC1CC(=O)N(CCc2cn[nH]c2)C1. The van der Waals surface area contributed by atoms with Gasteiger partial charge < -0.3 is 4.90 Å². The summed E-state index contributed by atoms with van der Waals surface area (Å²) in [6.07, 6.45) is 10.3. The number of carbonyl (C=O) groups is 1. The van der Waals surface area contributed by atoms with E-state index < -0.39 is 0 Å². The number of aromatic amines is 1. The molecule has 0 aliphatic carbocycles. The molecule has 1 saturated heterocycles. The smallest absolute Gasteiger partial charge is 0.223 e. The van der Waals surface area contributed by atoms with Crippen molar-refractivity contribution in [3.05, 3.63) is 18.0 Å². The molecule has 1 atom stereocenters. The van der Waals surface area contributed by atoms with E-state index >= 15 is 0 Å². The van der Waals surface area contributed by atoms with Crippen LogP contribution in [0.15, 0.2) is 12.4 Å². The molecule has 1 amide bonds. The number of rotatable bonds is 3. The average Bonchev–Trinajstić information content (AvgIpc) is 2.84. The number of nitrogens with one attached hydrogen (secondary N) is 1. The lowest BCUT2D eigenvalue weighted by molar-refractivity contribution is -0.127. The standard InChI is InChI=1S/C11H13N3O/c1-2-9-5-11(15)14(8-9)4-3-10-6-12-13-7-10/h1,6-7,9H,3-5,8H2,(H,12,13). The van der Waals surface area contributed by atoms with Crippen molar-refractivity contribution < 1.29 is 4.79 Å². The lowest BCUT2D eigenvalue weighted by Crippen LogP contribution is -2.27. The third-order valence-corrected chi connectivity index (χ3v) is 2.68. The zero-order valence-corrected chi connectivity index (χ0v) is 8.44. The molecule has 15 heavy (non-hydrogen) atoms. The Morgan fingerprint density at radius 2 is 2.60 bits per heavy atom. The second-order valence-electron chi connectivity index (χ2n) is 3.76. The molecular formula is C11H13N3O. The lowest BCUT2D eigenvalue weighted by Gasteiger charge is -2.14. The molecule has 0 spiro atoms. The van der Waals surface area contributed by atoms with Gasteiger partial charge in [0.25, 0.3) is 0 Å². The number of carbonyl (C=O) groups excluding carboxylic acids is 1. The highest BCUT2D eigenvalue weighted by atomic mass is 16.2. The van der Waals surface area contributed by atoms with Crippen molar-refractivity contribution in [3.63, 3.8) is 0 Å². The molecule has 1 aromatic rings. The Hall–Kier alpha value is -1.76. The molecule has 4 nitrogen and oxygen atoms in total. The van der Waals surface area contributed by atoms with E-state index in [0.717, 1.165) is 18.5 Å². The van der Waals surface area contributed by atoms with Crippen molar-refractivity contribution in [1.82, 2.24) is 15.1 Å². The number of terminal acetylenes is 1. The first-order valence-electron chi connectivity index (χ1n) is 5.01. The van der Waals surface area contributed by atoms with Crippen LogP contribution in [0.25, 0.3) is 0 Å². The van der Waals surface area contributed by atoms with E-state index in [0.29, 0.717) is 13.0 Å². The van der Waals surface area contributed by atoms with Gasteiger partial charge in [0.2, 0.25) is 5.91 Å². The molecule has 0 aromatic carbocycles. The maximum absolute atomic E-state index is 11.5. The van der Waals surface area contributed by atoms with Gasteiger partial charge in [0.15, 0.2) is 0 Å². The van der Waals surface area contributed by atoms with Crippen LogP contribution in [-0.4, -0.2) is 34.1 Å². The van der Waals surface area contributed by atoms with Crippen LogP contribution in [0.1, 0.15) is 12.0 Å². The third-order valence-electron chi connectivity index (χ3n) is 2.68. The van der Waals surface area contributed by atoms with Gasteiger partial charge in [0.1, 0.15) is 0 Å². The summed E-state index contributed by atoms with van der Waals surface area (Å²) in [5.41, 5.74) is 1.12. The topological polar surface area (TPSA) is 49.0 Å². The first kappa shape index (κ1) is 9.78. The average molecular weight is 203 g/mol. The zero-order valence-electron chi connectivity index (χ0n) is 8.44. The maximum atomic E-state index is 11.5. The van der Waals surface area contributed by atoms with Gasteiger partial charge in [-0.15, -0.1) is 12.3 Å². The van der Waals surface area contributed by atoms with E-state index in [4.69, 9.17) is 6.42 Å². The zero-order chi connectivity index (χ0) is 10.7. The predicted molar refractivity (Wildman–Crippen MR) is 55.8 cm³/mol. The summed E-state index contributed by atoms with van der Waals surface area (Å²) >= 11 is 0. The first-order chi connectivity index (χ1) is 7.29. The Morgan fingerprint density at radius 3 is 3.20 bits per heavy atom. The van der Waals surface area contributed by atoms with Crippen LogP contribution in [0.2, 0.25) is 0 Å². The van der Waals surface area contributed by atoms with Crippen LogP contribution in [0, 0.1) is 18.3 Å². The summed E-state index contributed by atoms with van der Waals surface area (Å²) in [5.74, 6) is 2.90. The molecule has 1 aromatic heterocycles. The summed E-state index contributed by atoms with van der Waals surface area (Å²) in [5, 5.41) is 6.61. The van der Waals surface area contributed by atoms with Gasteiger partial charge in [0.05, 0.1) is 6.20 Å². The molecule has 1 aliphatic rings. The summed E-state index contributed by atoms with van der Waals surface area (Å²) in [6.45, 7) is 1.43. The minimum absolute atomic E-state index is 0.0989. The van der Waals surface area contributed by atoms with Gasteiger partial charge in [-0.3, -0.25) is 9.89 Å². The van der Waals surface area contributed by atoms with Gasteiger partial charge in [-0.1, -0.05) is 0 Å². The summed E-state index contributed by atoms with van der Waals surface area (Å²) in [4.78, 5) is 13.3. The number of nitrogens with zero attached hydrogens (tertiary/aromatic N) is 2. The molecular weight excluding hydrogens is 190 g/mol. The second kappa shape index (κ2) is 4.18. The highest BCUT2D eigenvalue weighted by Gasteiger charge is 2.27. The highest BCUT2D eigenvalue weighted by molar-refractivity contribution is 5.79. The van der Waals surface area contributed by atoms with Crippen molar-refractivity contribution in [2.45, 2.75) is 12.8 Å². The van der Waals surface area contributed by atoms with Gasteiger partial charge in [0, 0.05) is 31.6 Å². The fraction of sp³-hybridized carbons (Fsp3) is 0.455. The van der Waals surface area contributed by atoms with Crippen LogP contribution in [0.3, 0.4) is 0 Å². The van der Waals surface area contributed by atoms with Crippen LogP contribution in [0.4, 0.5) is 0 Å². The Balaban J connectivity index is 1.86. The van der Waals surface area contributed by atoms with E-state index in [2.05, 4.69) is 16.1 Å². The Labute approximate surface area is 88.7 Å². The minimum Gasteiger partial charge on any atom is -0.341 e. The van der Waals surface area contributed by atoms with Gasteiger partial charge in [-0.05, 0) is 12.0 Å². The molecule has 2 rings (SSSR count). The van der Waals surface area contributed by atoms with E-state index in [9.17, 15) is 4.79 Å². The second-order valence-corrected chi connectivity index (χ2v) is 3.76. The van der Waals surface area contributed by atoms with Crippen molar-refractivity contribution in [2.75, 3.05) is 13.1 Å². The van der Waals surface area contributed by atoms with Crippen LogP contribution in [-0.2, 0) is 11.2 Å². The molecule has 1 fully saturated rings. The maximum Gasteiger partial charge on any atom is 0.223 e. The van der Waals surface area contributed by atoms with E-state index in [-0.39, 0.29) is 11.8 Å². The van der Waals surface area contributed by atoms with Crippen molar-refractivity contribution in [3.8, 4) is 12.3 Å². The minimum atomic E-state index is 0.0989. The number of amides is 1. The summed E-state index contributed by atoms with van der Waals surface area (Å²) < 4.78 is 0. The normalized spacial score (nSPS) is 20.6. The van der Waals surface area contributed by atoms with E-state index in [1.807, 2.05) is 11.1 Å². The van der Waals surface area contributed by atoms with Crippen molar-refractivity contribution in [2.24, 2.45) is 5.92 Å². The predicted octanol–water partition coefficient (Wildman–Crippen LogP) is 0.434. The summed E-state index contributed by atoms with van der Waals surface area (Å²) in [6, 6.07) is 0. The van der Waals surface area contributed by atoms with Crippen molar-refractivity contribution in [1.29, 1.82) is 0 Å². The van der Waals surface area contributed by atoms with Gasteiger partial charge in [-0.2, -0.15) is 5.10 Å². The fourth-order valence-corrected chi connectivity index (χ4v) is 1.78. The lowest BCUT2D eigenvalue weighted by atomic mass is 10.1. The monoisotopic (exact) mass is 203 g/mol. The van der Waals surface area contributed by atoms with Crippen LogP contribution < -0.4 is 0 Å². The number of likely N-dealkylation sites (tertiary alicyclic amines) is 1. The third kappa shape index (κ3) is 2.18. The molecule has 4 heteroatoms. The molecule has 0 radical (unpaired) electrons. The first-order valence-corrected chi connectivity index (χ1v) is 5.01. The summed E-state index contributed by atoms with van der Waals surface area (Å²) in [7, 11) is 0. The number of hydrogen-bond donors (Lipinski definition) is 1. The van der Waals surface area contributed by atoms with Crippen LogP contribution in [0.5, 0.6) is 0 Å². The Kier molecular flexibility index (Phi) is 2.72. The highest BCUT2D eigenvalue weighted by Crippen LogP contribution is 2.16. The number of H-pyrrole nitrogens is 1.